The Bertz CT molecular complexity index is 821. The van der Waals surface area contributed by atoms with Gasteiger partial charge in [0.25, 0.3) is 0 Å². The van der Waals surface area contributed by atoms with Crippen LogP contribution < -0.4 is 0 Å². The van der Waals surface area contributed by atoms with Crippen molar-refractivity contribution in [2.75, 3.05) is 0 Å². The van der Waals surface area contributed by atoms with Crippen LogP contribution in [0.5, 0.6) is 0 Å². The van der Waals surface area contributed by atoms with Gasteiger partial charge < -0.3 is 10.1 Å². The number of nitrogens with zero attached hydrogens (tertiary/aromatic N) is 2. The maximum absolute atomic E-state index is 11.5. The number of benzene rings is 1. The fourth-order valence-electron chi connectivity index (χ4n) is 2.50. The lowest BCUT2D eigenvalue weighted by Gasteiger charge is -2.07. The van der Waals surface area contributed by atoms with Gasteiger partial charge in [-0.05, 0) is 19.9 Å². The average molecular weight is 267 g/mol. The van der Waals surface area contributed by atoms with Crippen molar-refractivity contribution in [3.05, 3.63) is 47.5 Å². The number of hydrogen-bond acceptors (Lipinski definition) is 3. The first-order valence-corrected chi connectivity index (χ1v) is 6.22. The topological polar surface area (TPSA) is 78.9 Å². The van der Waals surface area contributed by atoms with Crippen molar-refractivity contribution in [3.8, 4) is 11.3 Å². The Morgan fingerprint density at radius 3 is 2.70 bits per heavy atom. The van der Waals surface area contributed by atoms with Crippen molar-refractivity contribution in [1.29, 1.82) is 0 Å². The Morgan fingerprint density at radius 2 is 1.95 bits per heavy atom. The summed E-state index contributed by atoms with van der Waals surface area (Å²) in [4.78, 5) is 22.9. The minimum absolute atomic E-state index is 0.153. The van der Waals surface area contributed by atoms with Crippen molar-refractivity contribution in [3.63, 3.8) is 0 Å². The monoisotopic (exact) mass is 267 g/mol. The number of para-hydroxylation sites is 1. The first kappa shape index (κ1) is 12.3. The molecule has 3 aromatic rings. The number of carboxylic acids is 1. The number of rotatable bonds is 2. The van der Waals surface area contributed by atoms with E-state index >= 15 is 0 Å². The smallest absolute Gasteiger partial charge is 0.339 e. The summed E-state index contributed by atoms with van der Waals surface area (Å²) >= 11 is 0. The molecule has 0 saturated heterocycles. The van der Waals surface area contributed by atoms with Crippen molar-refractivity contribution in [2.45, 2.75) is 13.8 Å². The molecular weight excluding hydrogens is 254 g/mol. The fraction of sp³-hybridized carbons (Fsp3) is 0.133. The average Bonchev–Trinajstić information content (AvgIpc) is 2.73. The molecule has 0 spiro atoms. The molecule has 2 aromatic heterocycles. The Labute approximate surface area is 115 Å². The van der Waals surface area contributed by atoms with Gasteiger partial charge in [0.05, 0.1) is 11.4 Å². The normalized spacial score (nSPS) is 10.9. The number of hydrogen-bond donors (Lipinski definition) is 2. The molecule has 0 bridgehead atoms. The van der Waals surface area contributed by atoms with Crippen LogP contribution in [-0.2, 0) is 0 Å². The second-order valence-electron chi connectivity index (χ2n) is 4.66. The van der Waals surface area contributed by atoms with E-state index < -0.39 is 5.97 Å². The van der Waals surface area contributed by atoms with Gasteiger partial charge in [0.1, 0.15) is 11.9 Å². The molecule has 0 atom stereocenters. The molecule has 0 unspecified atom stereocenters. The maximum Gasteiger partial charge on any atom is 0.339 e. The van der Waals surface area contributed by atoms with Crippen LogP contribution in [0, 0.1) is 13.8 Å². The van der Waals surface area contributed by atoms with E-state index in [4.69, 9.17) is 0 Å². The first-order chi connectivity index (χ1) is 9.59. The highest BCUT2D eigenvalue weighted by molar-refractivity contribution is 6.03. The second kappa shape index (κ2) is 4.45. The number of aromatic amines is 1. The molecule has 0 aliphatic carbocycles. The van der Waals surface area contributed by atoms with Gasteiger partial charge in [0.15, 0.2) is 0 Å². The van der Waals surface area contributed by atoms with Crippen molar-refractivity contribution >= 4 is 16.9 Å². The van der Waals surface area contributed by atoms with Crippen LogP contribution >= 0.6 is 0 Å². The summed E-state index contributed by atoms with van der Waals surface area (Å²) in [6.45, 7) is 3.59. The van der Waals surface area contributed by atoms with Gasteiger partial charge >= 0.3 is 5.97 Å². The number of nitrogens with one attached hydrogen (secondary N) is 1. The van der Waals surface area contributed by atoms with Gasteiger partial charge in [-0.15, -0.1) is 0 Å². The maximum atomic E-state index is 11.5. The third kappa shape index (κ3) is 1.75. The minimum atomic E-state index is -1.01. The largest absolute Gasteiger partial charge is 0.478 e. The molecule has 100 valence electrons. The van der Waals surface area contributed by atoms with Crippen LogP contribution in [-0.4, -0.2) is 26.0 Å². The van der Waals surface area contributed by atoms with Crippen molar-refractivity contribution in [2.24, 2.45) is 0 Å². The van der Waals surface area contributed by atoms with Crippen LogP contribution in [0.4, 0.5) is 0 Å². The van der Waals surface area contributed by atoms with Gasteiger partial charge in [-0.25, -0.2) is 14.8 Å². The number of aromatic nitrogens is 3. The Morgan fingerprint density at radius 1 is 1.20 bits per heavy atom. The fourth-order valence-corrected chi connectivity index (χ4v) is 2.50. The van der Waals surface area contributed by atoms with E-state index in [0.29, 0.717) is 11.4 Å². The van der Waals surface area contributed by atoms with E-state index in [0.717, 1.165) is 22.2 Å². The van der Waals surface area contributed by atoms with Crippen LogP contribution in [0.2, 0.25) is 0 Å². The first-order valence-electron chi connectivity index (χ1n) is 6.22. The van der Waals surface area contributed by atoms with Gasteiger partial charge in [-0.2, -0.15) is 0 Å². The van der Waals surface area contributed by atoms with E-state index in [2.05, 4.69) is 15.0 Å². The van der Waals surface area contributed by atoms with Crippen LogP contribution in [0.25, 0.3) is 22.2 Å². The van der Waals surface area contributed by atoms with E-state index in [1.807, 2.05) is 31.2 Å². The number of aryl methyl sites for hydroxylation is 2. The molecule has 0 saturated carbocycles. The number of fused-ring (bicyclic) bond motifs is 1. The molecule has 0 aliphatic rings. The van der Waals surface area contributed by atoms with E-state index in [1.54, 1.807) is 6.92 Å². The van der Waals surface area contributed by atoms with Gasteiger partial charge in [0.2, 0.25) is 0 Å². The molecular formula is C15H13N3O2. The van der Waals surface area contributed by atoms with E-state index in [1.165, 1.54) is 6.33 Å². The number of aromatic carboxylic acids is 1. The molecule has 0 aliphatic heterocycles. The SMILES string of the molecule is Cc1ncnc(-c2c(C)[nH]c3ccccc23)c1C(=O)O. The zero-order chi connectivity index (χ0) is 14.3. The van der Waals surface area contributed by atoms with Gasteiger partial charge in [-0.3, -0.25) is 0 Å². The zero-order valence-corrected chi connectivity index (χ0v) is 11.1. The van der Waals surface area contributed by atoms with Crippen LogP contribution in [0.3, 0.4) is 0 Å². The zero-order valence-electron chi connectivity index (χ0n) is 11.1. The standard InChI is InChI=1S/C15H13N3O2/c1-8-13(15(19)20)14(17-7-16-8)12-9(2)18-11-6-4-3-5-10(11)12/h3-7,18H,1-2H3,(H,19,20). The molecule has 3 rings (SSSR count). The number of carbonyl (C=O) groups is 1. The third-order valence-corrected chi connectivity index (χ3v) is 3.38. The summed E-state index contributed by atoms with van der Waals surface area (Å²) in [5.41, 5.74) is 3.76. The predicted octanol–water partition coefficient (Wildman–Crippen LogP) is 2.94. The second-order valence-corrected chi connectivity index (χ2v) is 4.66. The Kier molecular flexibility index (Phi) is 2.75. The Balaban J connectivity index is 2.40. The molecule has 0 amide bonds. The summed E-state index contributed by atoms with van der Waals surface area (Å²) in [7, 11) is 0. The number of H-pyrrole nitrogens is 1. The highest BCUT2D eigenvalue weighted by Crippen LogP contribution is 2.33. The lowest BCUT2D eigenvalue weighted by molar-refractivity contribution is 0.0696. The van der Waals surface area contributed by atoms with Crippen LogP contribution in [0.15, 0.2) is 30.6 Å². The molecule has 2 N–H and O–H groups in total. The highest BCUT2D eigenvalue weighted by atomic mass is 16.4. The van der Waals surface area contributed by atoms with Gasteiger partial charge in [0, 0.05) is 22.2 Å². The molecule has 0 fully saturated rings. The summed E-state index contributed by atoms with van der Waals surface area (Å²) in [5.74, 6) is -1.01. The molecule has 5 nitrogen and oxygen atoms in total. The summed E-state index contributed by atoms with van der Waals surface area (Å²) in [5, 5.41) is 10.4. The molecule has 0 radical (unpaired) electrons. The van der Waals surface area contributed by atoms with Gasteiger partial charge in [-0.1, -0.05) is 18.2 Å². The molecule has 5 heteroatoms. The minimum Gasteiger partial charge on any atom is -0.478 e. The van der Waals surface area contributed by atoms with E-state index in [-0.39, 0.29) is 5.56 Å². The Hall–Kier alpha value is -2.69. The quantitative estimate of drug-likeness (QED) is 0.748. The molecule has 2 heterocycles. The molecule has 20 heavy (non-hydrogen) atoms. The summed E-state index contributed by atoms with van der Waals surface area (Å²) in [6, 6.07) is 7.77. The van der Waals surface area contributed by atoms with Crippen molar-refractivity contribution < 1.29 is 9.90 Å². The molecule has 1 aromatic carbocycles. The predicted molar refractivity (Wildman–Crippen MR) is 75.8 cm³/mol. The lowest BCUT2D eigenvalue weighted by Crippen LogP contribution is -2.06. The van der Waals surface area contributed by atoms with E-state index in [9.17, 15) is 9.90 Å². The third-order valence-electron chi connectivity index (χ3n) is 3.38. The number of carboxylic acid groups (broad SMARTS) is 1. The lowest BCUT2D eigenvalue weighted by atomic mass is 10.0. The van der Waals surface area contributed by atoms with Crippen LogP contribution in [0.1, 0.15) is 21.7 Å². The summed E-state index contributed by atoms with van der Waals surface area (Å²) in [6.07, 6.45) is 1.40. The van der Waals surface area contributed by atoms with Crippen molar-refractivity contribution in [1.82, 2.24) is 15.0 Å². The summed E-state index contributed by atoms with van der Waals surface area (Å²) < 4.78 is 0. The highest BCUT2D eigenvalue weighted by Gasteiger charge is 2.21.